The quantitative estimate of drug-likeness (QED) is 0.305. The van der Waals surface area contributed by atoms with E-state index in [1.165, 1.54) is 89.9 Å². The number of rotatable bonds is 15. The van der Waals surface area contributed by atoms with Crippen LogP contribution in [0.5, 0.6) is 0 Å². The highest BCUT2D eigenvalue weighted by molar-refractivity contribution is 4.74. The van der Waals surface area contributed by atoms with E-state index in [0.717, 1.165) is 0 Å². The first-order chi connectivity index (χ1) is 9.62. The highest BCUT2D eigenvalue weighted by Crippen LogP contribution is 2.16. The fourth-order valence-electron chi connectivity index (χ4n) is 2.69. The molecule has 0 aliphatic rings. The summed E-state index contributed by atoms with van der Waals surface area (Å²) >= 11 is 0. The van der Waals surface area contributed by atoms with Crippen molar-refractivity contribution in [3.05, 3.63) is 0 Å². The molecule has 0 saturated carbocycles. The van der Waals surface area contributed by atoms with Crippen LogP contribution in [0.4, 0.5) is 0 Å². The Balaban J connectivity index is 3.06. The Bertz CT molecular complexity index is 186. The summed E-state index contributed by atoms with van der Waals surface area (Å²) in [5.74, 6) is 0. The zero-order valence-electron chi connectivity index (χ0n) is 14.8. The predicted molar refractivity (Wildman–Crippen MR) is 92.4 cm³/mol. The Kier molecular flexibility index (Phi) is 13.9. The molecule has 1 nitrogen and oxygen atoms in total. The van der Waals surface area contributed by atoms with E-state index in [0.29, 0.717) is 0 Å². The third-order valence-corrected chi connectivity index (χ3v) is 4.50. The lowest BCUT2D eigenvalue weighted by Gasteiger charge is -2.21. The smallest absolute Gasteiger partial charge is 0.0297 e. The van der Waals surface area contributed by atoms with Crippen LogP contribution >= 0.6 is 0 Å². The van der Waals surface area contributed by atoms with E-state index >= 15 is 0 Å². The van der Waals surface area contributed by atoms with E-state index in [2.05, 4.69) is 26.1 Å². The second-order valence-corrected chi connectivity index (χ2v) is 7.03. The van der Waals surface area contributed by atoms with Gasteiger partial charge in [0, 0.05) is 12.6 Å². The molecule has 20 heavy (non-hydrogen) atoms. The van der Waals surface area contributed by atoms with Crippen molar-refractivity contribution in [3.63, 3.8) is 0 Å². The average molecular weight is 283 g/mol. The largest absolute Gasteiger partial charge is 0.239 e. The maximum absolute atomic E-state index is 4.41. The van der Waals surface area contributed by atoms with Crippen molar-refractivity contribution in [2.24, 2.45) is 0 Å². The first-order valence-electron chi connectivity index (χ1n) is 9.23. The standard InChI is InChI=1S/C19H40N/c1-5-6-7-8-9-10-11-12-13-14-15-16-17-18-19(2,3)20-4/h5-18H2,1-4H3. The molecule has 0 spiro atoms. The van der Waals surface area contributed by atoms with Gasteiger partial charge in [0.05, 0.1) is 0 Å². The summed E-state index contributed by atoms with van der Waals surface area (Å²) in [5.41, 5.74) is 0.206. The second kappa shape index (κ2) is 13.9. The summed E-state index contributed by atoms with van der Waals surface area (Å²) in [4.78, 5) is 0. The lowest BCUT2D eigenvalue weighted by Crippen LogP contribution is -2.29. The number of nitrogens with zero attached hydrogens (tertiary/aromatic N) is 1. The minimum atomic E-state index is 0.206. The normalized spacial score (nSPS) is 12.0. The van der Waals surface area contributed by atoms with Crippen molar-refractivity contribution in [2.75, 3.05) is 7.05 Å². The van der Waals surface area contributed by atoms with E-state index in [1.807, 2.05) is 7.05 Å². The maximum Gasteiger partial charge on any atom is 0.0297 e. The zero-order chi connectivity index (χ0) is 15.1. The molecule has 0 N–H and O–H groups in total. The minimum absolute atomic E-state index is 0.206. The number of unbranched alkanes of at least 4 members (excludes halogenated alkanes) is 12. The van der Waals surface area contributed by atoms with Crippen molar-refractivity contribution in [1.29, 1.82) is 0 Å². The van der Waals surface area contributed by atoms with Gasteiger partial charge >= 0.3 is 0 Å². The van der Waals surface area contributed by atoms with Crippen molar-refractivity contribution in [1.82, 2.24) is 5.32 Å². The number of hydrogen-bond donors (Lipinski definition) is 0. The van der Waals surface area contributed by atoms with Crippen molar-refractivity contribution < 1.29 is 0 Å². The van der Waals surface area contributed by atoms with Crippen LogP contribution in [0, 0.1) is 0 Å². The number of hydrogen-bond acceptors (Lipinski definition) is 0. The van der Waals surface area contributed by atoms with Gasteiger partial charge in [0.25, 0.3) is 0 Å². The molecule has 0 atom stereocenters. The molecule has 0 bridgehead atoms. The molecule has 0 aliphatic heterocycles. The van der Waals surface area contributed by atoms with Crippen LogP contribution in [-0.2, 0) is 0 Å². The van der Waals surface area contributed by atoms with Gasteiger partial charge in [-0.2, -0.15) is 0 Å². The van der Waals surface area contributed by atoms with Gasteiger partial charge in [-0.1, -0.05) is 90.4 Å². The summed E-state index contributed by atoms with van der Waals surface area (Å²) in [6, 6.07) is 0. The molecule has 0 aromatic heterocycles. The third kappa shape index (κ3) is 14.4. The zero-order valence-corrected chi connectivity index (χ0v) is 14.8. The van der Waals surface area contributed by atoms with E-state index < -0.39 is 0 Å². The van der Waals surface area contributed by atoms with Gasteiger partial charge < -0.3 is 0 Å². The average Bonchev–Trinajstić information content (AvgIpc) is 2.44. The summed E-state index contributed by atoms with van der Waals surface area (Å²) < 4.78 is 0. The topological polar surface area (TPSA) is 14.1 Å². The summed E-state index contributed by atoms with van der Waals surface area (Å²) in [5, 5.41) is 4.41. The molecule has 0 heterocycles. The van der Waals surface area contributed by atoms with Crippen LogP contribution in [0.2, 0.25) is 0 Å². The van der Waals surface area contributed by atoms with Crippen LogP contribution in [0.1, 0.15) is 111 Å². The Morgan fingerprint density at radius 3 is 1.30 bits per heavy atom. The lowest BCUT2D eigenvalue weighted by atomic mass is 9.96. The molecule has 0 rings (SSSR count). The molecule has 1 heteroatoms. The monoisotopic (exact) mass is 282 g/mol. The third-order valence-electron chi connectivity index (χ3n) is 4.50. The first-order valence-corrected chi connectivity index (χ1v) is 9.23. The molecule has 0 amide bonds. The fraction of sp³-hybridized carbons (Fsp3) is 1.00. The summed E-state index contributed by atoms with van der Waals surface area (Å²) in [6.07, 6.45) is 19.9. The molecule has 0 aliphatic carbocycles. The van der Waals surface area contributed by atoms with Crippen molar-refractivity contribution in [2.45, 2.75) is 116 Å². The van der Waals surface area contributed by atoms with E-state index in [9.17, 15) is 0 Å². The van der Waals surface area contributed by atoms with E-state index in [1.54, 1.807) is 0 Å². The van der Waals surface area contributed by atoms with Crippen LogP contribution in [0.15, 0.2) is 0 Å². The molecule has 0 saturated heterocycles. The van der Waals surface area contributed by atoms with Crippen LogP contribution in [0.25, 0.3) is 0 Å². The van der Waals surface area contributed by atoms with Crippen LogP contribution < -0.4 is 5.32 Å². The molecule has 1 radical (unpaired) electrons. The Morgan fingerprint density at radius 2 is 0.950 bits per heavy atom. The predicted octanol–water partition coefficient (Wildman–Crippen LogP) is 6.48. The van der Waals surface area contributed by atoms with Crippen molar-refractivity contribution >= 4 is 0 Å². The van der Waals surface area contributed by atoms with Crippen LogP contribution in [-0.4, -0.2) is 12.6 Å². The van der Waals surface area contributed by atoms with Gasteiger partial charge in [-0.25, -0.2) is 5.32 Å². The highest BCUT2D eigenvalue weighted by Gasteiger charge is 2.14. The van der Waals surface area contributed by atoms with E-state index in [-0.39, 0.29) is 5.54 Å². The SMILES string of the molecule is CCCCCCCCCCCCCCCC(C)(C)[N]C. The van der Waals surface area contributed by atoms with E-state index in [4.69, 9.17) is 0 Å². The van der Waals surface area contributed by atoms with Gasteiger partial charge in [-0.05, 0) is 20.3 Å². The molecular formula is C19H40N. The Hall–Kier alpha value is -0.0400. The highest BCUT2D eigenvalue weighted by atomic mass is 14.9. The van der Waals surface area contributed by atoms with Gasteiger partial charge in [0.2, 0.25) is 0 Å². The van der Waals surface area contributed by atoms with Crippen LogP contribution in [0.3, 0.4) is 0 Å². The molecule has 0 aromatic carbocycles. The Morgan fingerprint density at radius 1 is 0.600 bits per heavy atom. The molecule has 0 unspecified atom stereocenters. The maximum atomic E-state index is 4.41. The minimum Gasteiger partial charge on any atom is -0.239 e. The van der Waals surface area contributed by atoms with Crippen molar-refractivity contribution in [3.8, 4) is 0 Å². The lowest BCUT2D eigenvalue weighted by molar-refractivity contribution is 0.366. The summed E-state index contributed by atoms with van der Waals surface area (Å²) in [6.45, 7) is 6.78. The van der Waals surface area contributed by atoms with Gasteiger partial charge in [0.1, 0.15) is 0 Å². The Labute approximate surface area is 129 Å². The van der Waals surface area contributed by atoms with Gasteiger partial charge in [0.15, 0.2) is 0 Å². The summed E-state index contributed by atoms with van der Waals surface area (Å²) in [7, 11) is 1.95. The molecule has 0 aromatic rings. The first kappa shape index (κ1) is 20.0. The van der Waals surface area contributed by atoms with Gasteiger partial charge in [-0.3, -0.25) is 0 Å². The second-order valence-electron chi connectivity index (χ2n) is 7.03. The molecular weight excluding hydrogens is 242 g/mol. The molecule has 121 valence electrons. The molecule has 0 fully saturated rings. The fourth-order valence-corrected chi connectivity index (χ4v) is 2.69. The van der Waals surface area contributed by atoms with Gasteiger partial charge in [-0.15, -0.1) is 0 Å².